The topological polar surface area (TPSA) is 156 Å². The van der Waals surface area contributed by atoms with Crippen LogP contribution in [0, 0.1) is 20.8 Å². The van der Waals surface area contributed by atoms with E-state index in [2.05, 4.69) is 19.8 Å². The molecule has 4 aliphatic rings. The van der Waals surface area contributed by atoms with Crippen molar-refractivity contribution in [2.75, 3.05) is 73.9 Å². The van der Waals surface area contributed by atoms with Gasteiger partial charge in [-0.1, -0.05) is 18.2 Å². The molecule has 0 unspecified atom stereocenters. The van der Waals surface area contributed by atoms with Gasteiger partial charge < -0.3 is 30.9 Å². The third-order valence-electron chi connectivity index (χ3n) is 11.0. The van der Waals surface area contributed by atoms with Gasteiger partial charge in [-0.3, -0.25) is 23.9 Å². The predicted octanol–water partition coefficient (Wildman–Crippen LogP) is 6.65. The van der Waals surface area contributed by atoms with Crippen molar-refractivity contribution in [3.8, 4) is 0 Å². The van der Waals surface area contributed by atoms with Crippen molar-refractivity contribution < 1.29 is 14.3 Å². The number of benzene rings is 3. The van der Waals surface area contributed by atoms with Gasteiger partial charge in [-0.2, -0.15) is 0 Å². The Labute approximate surface area is 363 Å². The number of hydrogen-bond acceptors (Lipinski definition) is 11. The Morgan fingerprint density at radius 1 is 0.738 bits per heavy atom. The molecule has 332 valence electrons. The molecule has 4 fully saturated rings. The van der Waals surface area contributed by atoms with Crippen LogP contribution in [-0.4, -0.2) is 134 Å². The number of piperidine rings is 2. The zero-order valence-electron chi connectivity index (χ0n) is 37.9. The molecule has 0 atom stereocenters. The summed E-state index contributed by atoms with van der Waals surface area (Å²) in [4.78, 5) is 51.3. The molecule has 2 saturated heterocycles. The minimum atomic E-state index is 0.116. The molecule has 13 nitrogen and oxygen atoms in total. The Morgan fingerprint density at radius 2 is 1.26 bits per heavy atom. The molecule has 2 saturated carbocycles. The van der Waals surface area contributed by atoms with Crippen LogP contribution in [0.25, 0.3) is 10.9 Å². The van der Waals surface area contributed by atoms with E-state index in [1.165, 1.54) is 51.6 Å². The Kier molecular flexibility index (Phi) is 19.7. The second-order valence-electron chi connectivity index (χ2n) is 17.2. The van der Waals surface area contributed by atoms with Gasteiger partial charge in [0.2, 0.25) is 0 Å². The zero-order valence-corrected chi connectivity index (χ0v) is 37.9. The van der Waals surface area contributed by atoms with E-state index in [1.807, 2.05) is 99.7 Å². The van der Waals surface area contributed by atoms with Crippen LogP contribution in [0.3, 0.4) is 0 Å². The lowest BCUT2D eigenvalue weighted by Crippen LogP contribution is -2.40. The normalized spacial score (nSPS) is 17.2. The lowest BCUT2D eigenvalue weighted by Gasteiger charge is -2.32. The first-order valence-corrected chi connectivity index (χ1v) is 21.7. The Bertz CT molecular complexity index is 2060. The number of likely N-dealkylation sites (tertiary alicyclic amines) is 2. The summed E-state index contributed by atoms with van der Waals surface area (Å²) < 4.78 is 6.59. The first-order valence-electron chi connectivity index (χ1n) is 21.7. The summed E-state index contributed by atoms with van der Waals surface area (Å²) in [7, 11) is 9.38. The minimum Gasteiger partial charge on any atom is -0.398 e. The maximum absolute atomic E-state index is 12.7. The van der Waals surface area contributed by atoms with Crippen LogP contribution in [0.5, 0.6) is 0 Å². The number of hydrogen-bond donors (Lipinski definition) is 2. The molecule has 8 rings (SSSR count). The Balaban J connectivity index is 0.000000179. The van der Waals surface area contributed by atoms with Gasteiger partial charge in [-0.25, -0.2) is 9.98 Å². The predicted molar refractivity (Wildman–Crippen MR) is 250 cm³/mol. The van der Waals surface area contributed by atoms with Crippen molar-refractivity contribution in [1.82, 2.24) is 29.2 Å². The van der Waals surface area contributed by atoms with E-state index in [1.54, 1.807) is 38.0 Å². The van der Waals surface area contributed by atoms with Gasteiger partial charge in [0.25, 0.3) is 5.56 Å². The Morgan fingerprint density at radius 3 is 1.75 bits per heavy atom. The van der Waals surface area contributed by atoms with Gasteiger partial charge in [0.1, 0.15) is 0 Å². The number of rotatable bonds is 9. The maximum atomic E-state index is 12.7. The van der Waals surface area contributed by atoms with Crippen molar-refractivity contribution in [3.05, 3.63) is 99.1 Å². The first kappa shape index (κ1) is 48.9. The van der Waals surface area contributed by atoms with E-state index in [-0.39, 0.29) is 5.56 Å². The van der Waals surface area contributed by atoms with E-state index in [0.29, 0.717) is 41.3 Å². The molecule has 3 heterocycles. The second kappa shape index (κ2) is 24.6. The number of aliphatic imine (C=N–C) groups is 1. The molecule has 2 aliphatic carbocycles. The van der Waals surface area contributed by atoms with Gasteiger partial charge >= 0.3 is 0 Å². The molecular weight excluding hydrogens is 767 g/mol. The fourth-order valence-corrected chi connectivity index (χ4v) is 7.30. The standard InChI is InChI=1S/C17H21N3O.C11H14N2O.C8H16N2.C8H9NO.C4H11NO/c1-12-2-5-15-16(10-12)18-11-20(17(15)21)14-6-8-19(9-7-14)13-3-4-13;1-9-4-5-10(7-14)11(6-9)12-8-13(2)3;9-7-3-5-10(6-4-7)8-1-2-8;1-6-2-3-7(5-10)8(9)4-6;1-5(2)4-6-3/h2,5,10-11,13-14H,3-4,6-9H2,1H3;4-8H,1-3H3;7-8H,1-6,9H2;2-5H,9H2,1H3;4H2,1-3H3. The van der Waals surface area contributed by atoms with Crippen LogP contribution in [0.15, 0.2) is 70.7 Å². The lowest BCUT2D eigenvalue weighted by atomic mass is 10.0. The molecule has 2 aliphatic heterocycles. The highest BCUT2D eigenvalue weighted by atomic mass is 16.5. The van der Waals surface area contributed by atoms with Gasteiger partial charge in [0.05, 0.1) is 36.0 Å². The van der Waals surface area contributed by atoms with Gasteiger partial charge in [-0.15, -0.1) is 0 Å². The number of carbonyl (C=O) groups is 2. The number of ether oxygens (including phenoxy) is 1. The summed E-state index contributed by atoms with van der Waals surface area (Å²) in [6, 6.07) is 19.4. The number of nitrogens with zero attached hydrogens (tertiary/aromatic N) is 7. The molecule has 4 aromatic rings. The monoisotopic (exact) mass is 838 g/mol. The fourth-order valence-electron chi connectivity index (χ4n) is 7.30. The van der Waals surface area contributed by atoms with Gasteiger partial charge in [-0.05, 0) is 152 Å². The molecule has 0 spiro atoms. The number of aldehydes is 2. The minimum absolute atomic E-state index is 0.116. The second-order valence-corrected chi connectivity index (χ2v) is 17.2. The van der Waals surface area contributed by atoms with Crippen LogP contribution in [0.4, 0.5) is 11.4 Å². The van der Waals surface area contributed by atoms with Crippen molar-refractivity contribution in [2.45, 2.75) is 96.3 Å². The van der Waals surface area contributed by atoms with Crippen LogP contribution in [-0.2, 0) is 4.74 Å². The number of fused-ring (bicyclic) bond motifs is 1. The van der Waals surface area contributed by atoms with E-state index >= 15 is 0 Å². The SMILES string of the molecule is COCN(C)C.Cc1ccc(C=O)c(N)c1.Cc1ccc(C=O)c(N=CN(C)C)c1.Cc1ccc2c(=O)n(C3CCN(C4CC4)CC3)cnc2c1.NC1CCN(C2CC2)CC1. The van der Waals surface area contributed by atoms with E-state index < -0.39 is 0 Å². The number of aryl methyl sites for hydroxylation is 3. The van der Waals surface area contributed by atoms with Crippen LogP contribution < -0.4 is 17.0 Å². The number of methoxy groups -OCH3 is 1. The van der Waals surface area contributed by atoms with Crippen LogP contribution in [0.2, 0.25) is 0 Å². The molecule has 61 heavy (non-hydrogen) atoms. The van der Waals surface area contributed by atoms with E-state index in [0.717, 1.165) is 78.2 Å². The number of carbonyl (C=O) groups excluding carboxylic acids is 2. The average Bonchev–Trinajstić information content (AvgIpc) is 4.17. The smallest absolute Gasteiger partial charge is 0.261 e. The molecule has 1 aromatic heterocycles. The lowest BCUT2D eigenvalue weighted by molar-refractivity contribution is 0.0994. The average molecular weight is 838 g/mol. The summed E-state index contributed by atoms with van der Waals surface area (Å²) in [5.41, 5.74) is 18.0. The first-order chi connectivity index (χ1) is 29.2. The molecular formula is C48H71N9O4. The molecule has 3 aromatic carbocycles. The highest BCUT2D eigenvalue weighted by Crippen LogP contribution is 2.32. The fraction of sp³-hybridized carbons (Fsp3) is 0.521. The summed E-state index contributed by atoms with van der Waals surface area (Å²) in [6.45, 7) is 11.4. The molecule has 0 amide bonds. The molecule has 0 bridgehead atoms. The van der Waals surface area contributed by atoms with Gasteiger partial charge in [0.15, 0.2) is 12.6 Å². The summed E-state index contributed by atoms with van der Waals surface area (Å²) in [6.07, 6.45) is 15.2. The van der Waals surface area contributed by atoms with Crippen molar-refractivity contribution in [1.29, 1.82) is 0 Å². The largest absolute Gasteiger partial charge is 0.398 e. The summed E-state index contributed by atoms with van der Waals surface area (Å²) in [5, 5.41) is 0.743. The summed E-state index contributed by atoms with van der Waals surface area (Å²) >= 11 is 0. The molecule has 4 N–H and O–H groups in total. The van der Waals surface area contributed by atoms with Crippen LogP contribution in [0.1, 0.15) is 94.8 Å². The van der Waals surface area contributed by atoms with Crippen molar-refractivity contribution >= 4 is 41.2 Å². The number of nitrogens with two attached hydrogens (primary N) is 2. The zero-order chi connectivity index (χ0) is 44.5. The Hall–Kier alpha value is -4.79. The van der Waals surface area contributed by atoms with Crippen LogP contribution >= 0.6 is 0 Å². The highest BCUT2D eigenvalue weighted by molar-refractivity contribution is 5.84. The van der Waals surface area contributed by atoms with E-state index in [4.69, 9.17) is 16.2 Å². The van der Waals surface area contributed by atoms with Crippen molar-refractivity contribution in [2.24, 2.45) is 10.7 Å². The number of nitrogen functional groups attached to an aromatic ring is 1. The highest BCUT2D eigenvalue weighted by Gasteiger charge is 2.33. The number of anilines is 1. The third-order valence-corrected chi connectivity index (χ3v) is 11.0. The maximum Gasteiger partial charge on any atom is 0.261 e. The van der Waals surface area contributed by atoms with Gasteiger partial charge in [0, 0.05) is 75.3 Å². The molecule has 13 heteroatoms. The molecule has 0 radical (unpaired) electrons. The third kappa shape index (κ3) is 16.5. The van der Waals surface area contributed by atoms with Crippen molar-refractivity contribution in [3.63, 3.8) is 0 Å². The van der Waals surface area contributed by atoms with E-state index in [9.17, 15) is 14.4 Å². The number of aromatic nitrogens is 2. The quantitative estimate of drug-likeness (QED) is 0.0613. The summed E-state index contributed by atoms with van der Waals surface area (Å²) in [5.74, 6) is 0.